The number of aliphatic hydroxyl groups excluding tert-OH is 1. The zero-order valence-electron chi connectivity index (χ0n) is 17.1. The summed E-state index contributed by atoms with van der Waals surface area (Å²) < 4.78 is 25.4. The molecule has 0 radical (unpaired) electrons. The number of para-hydroxylation sites is 1. The Hall–Kier alpha value is -1.92. The van der Waals surface area contributed by atoms with Crippen molar-refractivity contribution in [2.75, 3.05) is 13.2 Å². The molecule has 1 aliphatic rings. The summed E-state index contributed by atoms with van der Waals surface area (Å²) in [5, 5.41) is 19.0. The molecule has 2 rings (SSSR count). The molecule has 5 nitrogen and oxygen atoms in total. The van der Waals surface area contributed by atoms with Crippen LogP contribution in [-0.2, 0) is 9.53 Å². The molecule has 0 saturated heterocycles. The fourth-order valence-corrected chi connectivity index (χ4v) is 3.57. The number of carboxylic acids is 1. The quantitative estimate of drug-likeness (QED) is 0.473. The lowest BCUT2D eigenvalue weighted by molar-refractivity contribution is -0.137. The molecule has 0 amide bonds. The monoisotopic (exact) mass is 408 g/mol. The van der Waals surface area contributed by atoms with Crippen LogP contribution in [0.4, 0.5) is 4.39 Å². The van der Waals surface area contributed by atoms with Crippen molar-refractivity contribution < 1.29 is 28.9 Å². The fraction of sp³-hybridized carbons (Fsp3) is 0.609. The van der Waals surface area contributed by atoms with Crippen LogP contribution in [0.3, 0.4) is 0 Å². The highest BCUT2D eigenvalue weighted by Gasteiger charge is 2.32. The summed E-state index contributed by atoms with van der Waals surface area (Å²) in [5.74, 6) is 0.0647. The number of ether oxygens (including phenoxy) is 2. The molecule has 29 heavy (non-hydrogen) atoms. The van der Waals surface area contributed by atoms with Crippen LogP contribution in [0.15, 0.2) is 42.5 Å². The van der Waals surface area contributed by atoms with Gasteiger partial charge < -0.3 is 19.7 Å². The Morgan fingerprint density at radius 1 is 1.28 bits per heavy atom. The van der Waals surface area contributed by atoms with Gasteiger partial charge in [0.2, 0.25) is 0 Å². The smallest absolute Gasteiger partial charge is 0.303 e. The molecule has 0 spiro atoms. The number of hydrogen-bond donors (Lipinski definition) is 2. The summed E-state index contributed by atoms with van der Waals surface area (Å²) in [4.78, 5) is 10.6. The molecule has 1 fully saturated rings. The Bertz CT molecular complexity index is 621. The molecule has 2 N–H and O–H groups in total. The summed E-state index contributed by atoms with van der Waals surface area (Å²) in [7, 11) is 0. The Kier molecular flexibility index (Phi) is 10.2. The number of alkyl halides is 1. The summed E-state index contributed by atoms with van der Waals surface area (Å²) in [6, 6.07) is 9.11. The van der Waals surface area contributed by atoms with Gasteiger partial charge >= 0.3 is 5.97 Å². The molecule has 5 atom stereocenters. The van der Waals surface area contributed by atoms with E-state index in [1.807, 2.05) is 18.2 Å². The van der Waals surface area contributed by atoms with E-state index in [-0.39, 0.29) is 25.0 Å². The van der Waals surface area contributed by atoms with Gasteiger partial charge in [-0.2, -0.15) is 0 Å². The maximum Gasteiger partial charge on any atom is 0.303 e. The van der Waals surface area contributed by atoms with E-state index in [4.69, 9.17) is 14.6 Å². The Labute approximate surface area is 172 Å². The maximum atomic E-state index is 14.1. The molecule has 1 saturated carbocycles. The van der Waals surface area contributed by atoms with Gasteiger partial charge in [-0.15, -0.1) is 0 Å². The predicted molar refractivity (Wildman–Crippen MR) is 110 cm³/mol. The normalized spacial score (nSPS) is 23.9. The highest BCUT2D eigenvalue weighted by atomic mass is 19.1. The average molecular weight is 409 g/mol. The zero-order valence-corrected chi connectivity index (χ0v) is 17.1. The minimum absolute atomic E-state index is 0.0493. The van der Waals surface area contributed by atoms with Gasteiger partial charge in [-0.1, -0.05) is 43.7 Å². The van der Waals surface area contributed by atoms with E-state index >= 15 is 0 Å². The van der Waals surface area contributed by atoms with Crippen LogP contribution in [0.25, 0.3) is 0 Å². The van der Waals surface area contributed by atoms with Gasteiger partial charge in [0.15, 0.2) is 6.17 Å². The minimum Gasteiger partial charge on any atom is -0.490 e. The van der Waals surface area contributed by atoms with E-state index in [2.05, 4.69) is 6.92 Å². The lowest BCUT2D eigenvalue weighted by Gasteiger charge is -2.18. The number of benzene rings is 1. The van der Waals surface area contributed by atoms with Gasteiger partial charge in [0, 0.05) is 25.4 Å². The number of carbonyl (C=O) groups is 1. The molecule has 0 aliphatic heterocycles. The molecule has 1 aliphatic carbocycles. The molecule has 162 valence electrons. The summed E-state index contributed by atoms with van der Waals surface area (Å²) in [5.41, 5.74) is 0. The maximum absolute atomic E-state index is 14.1. The fourth-order valence-electron chi connectivity index (χ4n) is 3.57. The van der Waals surface area contributed by atoms with Crippen molar-refractivity contribution in [3.63, 3.8) is 0 Å². The molecule has 0 aromatic heterocycles. The average Bonchev–Trinajstić information content (AvgIpc) is 3.07. The van der Waals surface area contributed by atoms with E-state index < -0.39 is 18.2 Å². The topological polar surface area (TPSA) is 76.0 Å². The third-order valence-electron chi connectivity index (χ3n) is 5.40. The second-order valence-electron chi connectivity index (χ2n) is 7.74. The second kappa shape index (κ2) is 12.6. The van der Waals surface area contributed by atoms with Gasteiger partial charge in [0.05, 0.1) is 12.2 Å². The Morgan fingerprint density at radius 3 is 2.72 bits per heavy atom. The van der Waals surface area contributed by atoms with E-state index in [1.54, 1.807) is 18.2 Å². The molecule has 6 heteroatoms. The van der Waals surface area contributed by atoms with Crippen LogP contribution in [0.2, 0.25) is 0 Å². The number of halogens is 1. The third-order valence-corrected chi connectivity index (χ3v) is 5.40. The molecule has 2 unspecified atom stereocenters. The Balaban J connectivity index is 1.69. The van der Waals surface area contributed by atoms with Gasteiger partial charge in [-0.3, -0.25) is 4.79 Å². The zero-order chi connectivity index (χ0) is 21.1. The van der Waals surface area contributed by atoms with Crippen LogP contribution in [0, 0.1) is 11.8 Å². The van der Waals surface area contributed by atoms with Crippen LogP contribution >= 0.6 is 0 Å². The van der Waals surface area contributed by atoms with Crippen LogP contribution in [0.5, 0.6) is 5.75 Å². The lowest BCUT2D eigenvalue weighted by Crippen LogP contribution is -2.17. The molecule has 0 heterocycles. The Morgan fingerprint density at radius 2 is 2.03 bits per heavy atom. The van der Waals surface area contributed by atoms with E-state index in [1.165, 1.54) is 6.08 Å². The van der Waals surface area contributed by atoms with Crippen molar-refractivity contribution in [1.82, 2.24) is 0 Å². The first kappa shape index (κ1) is 23.4. The molecular formula is C23H33FO5. The first-order chi connectivity index (χ1) is 14.0. The summed E-state index contributed by atoms with van der Waals surface area (Å²) >= 11 is 0. The van der Waals surface area contributed by atoms with Gasteiger partial charge in [-0.05, 0) is 37.3 Å². The number of aliphatic hydroxyl groups is 1. The SMILES string of the molecule is CC[C@H](CCCC(=O)O)CO[C@@H]1CC(/C=C/C(F)COc2ccccc2)[C@H](O)C1. The second-order valence-corrected chi connectivity index (χ2v) is 7.74. The summed E-state index contributed by atoms with van der Waals surface area (Å²) in [6.07, 6.45) is 5.17. The largest absolute Gasteiger partial charge is 0.490 e. The van der Waals surface area contributed by atoms with Crippen LogP contribution in [-0.4, -0.2) is 47.8 Å². The van der Waals surface area contributed by atoms with E-state index in [0.717, 1.165) is 12.8 Å². The van der Waals surface area contributed by atoms with Gasteiger partial charge in [-0.25, -0.2) is 4.39 Å². The molecule has 0 bridgehead atoms. The third kappa shape index (κ3) is 8.96. The molecule has 1 aromatic carbocycles. The van der Waals surface area contributed by atoms with Gasteiger partial charge in [0.1, 0.15) is 12.4 Å². The van der Waals surface area contributed by atoms with Crippen molar-refractivity contribution >= 4 is 5.97 Å². The van der Waals surface area contributed by atoms with Crippen molar-refractivity contribution in [3.8, 4) is 5.75 Å². The van der Waals surface area contributed by atoms with Crippen LogP contribution in [0.1, 0.15) is 45.4 Å². The van der Waals surface area contributed by atoms with Crippen molar-refractivity contribution in [1.29, 1.82) is 0 Å². The summed E-state index contributed by atoms with van der Waals surface area (Å²) in [6.45, 7) is 2.58. The number of aliphatic carboxylic acids is 1. The number of hydrogen-bond acceptors (Lipinski definition) is 4. The van der Waals surface area contributed by atoms with Crippen molar-refractivity contribution in [2.24, 2.45) is 11.8 Å². The molecular weight excluding hydrogens is 375 g/mol. The first-order valence-electron chi connectivity index (χ1n) is 10.5. The minimum atomic E-state index is -1.24. The highest BCUT2D eigenvalue weighted by molar-refractivity contribution is 5.66. The first-order valence-corrected chi connectivity index (χ1v) is 10.5. The van der Waals surface area contributed by atoms with Gasteiger partial charge in [0.25, 0.3) is 0 Å². The highest BCUT2D eigenvalue weighted by Crippen LogP contribution is 2.30. The van der Waals surface area contributed by atoms with E-state index in [0.29, 0.717) is 37.5 Å². The van der Waals surface area contributed by atoms with Crippen LogP contribution < -0.4 is 4.74 Å². The molecule has 1 aromatic rings. The lowest BCUT2D eigenvalue weighted by atomic mass is 10.00. The number of rotatable bonds is 13. The number of carboxylic acid groups (broad SMARTS) is 1. The van der Waals surface area contributed by atoms with Crippen molar-refractivity contribution in [3.05, 3.63) is 42.5 Å². The predicted octanol–water partition coefficient (Wildman–Crippen LogP) is 4.40. The standard InChI is InChI=1S/C23H33FO5/c1-2-17(7-6-10-23(26)27)15-28-21-13-18(22(25)14-21)11-12-19(24)16-29-20-8-4-3-5-9-20/h3-5,8-9,11-12,17-19,21-22,25H,2,6-7,10,13-16H2,1H3,(H,26,27)/b12-11+/t17-,18?,19?,21-,22-/m1/s1. The van der Waals surface area contributed by atoms with E-state index in [9.17, 15) is 14.3 Å². The van der Waals surface area contributed by atoms with Crippen molar-refractivity contribution in [2.45, 2.75) is 63.8 Å².